The molecule has 0 saturated heterocycles. The summed E-state index contributed by atoms with van der Waals surface area (Å²) in [5.41, 5.74) is 2.92. The van der Waals surface area contributed by atoms with E-state index in [1.165, 1.54) is 7.11 Å². The first-order valence-electron chi connectivity index (χ1n) is 7.98. The Hall–Kier alpha value is -3.15. The second kappa shape index (κ2) is 7.17. The van der Waals surface area contributed by atoms with Gasteiger partial charge in [-0.1, -0.05) is 12.1 Å². The second-order valence-electron chi connectivity index (χ2n) is 5.62. The fourth-order valence-corrected chi connectivity index (χ4v) is 2.74. The maximum Gasteiger partial charge on any atom is 0.337 e. The highest BCUT2D eigenvalue weighted by atomic mass is 16.5. The van der Waals surface area contributed by atoms with Crippen LogP contribution in [0.4, 0.5) is 0 Å². The molecule has 0 fully saturated rings. The number of benzene rings is 2. The van der Waals surface area contributed by atoms with Gasteiger partial charge in [-0.15, -0.1) is 0 Å². The molecule has 2 aromatic carbocycles. The minimum atomic E-state index is -0.422. The molecule has 0 spiro atoms. The van der Waals surface area contributed by atoms with Gasteiger partial charge >= 0.3 is 5.97 Å². The van der Waals surface area contributed by atoms with Crippen molar-refractivity contribution >= 4 is 22.9 Å². The lowest BCUT2D eigenvalue weighted by Gasteiger charge is -2.09. The number of methoxy groups -OCH3 is 1. The van der Waals surface area contributed by atoms with E-state index in [4.69, 9.17) is 0 Å². The SMILES string of the molecule is COC(=O)c1ccc(C(=O)NCCn2c(C)nc3ccccc32)cc1. The molecule has 0 aliphatic heterocycles. The zero-order chi connectivity index (χ0) is 17.8. The van der Waals surface area contributed by atoms with Crippen LogP contribution in [0, 0.1) is 6.92 Å². The maximum absolute atomic E-state index is 12.2. The zero-order valence-corrected chi connectivity index (χ0v) is 14.2. The van der Waals surface area contributed by atoms with Crippen LogP contribution in [0.5, 0.6) is 0 Å². The molecular formula is C19H19N3O3. The van der Waals surface area contributed by atoms with Gasteiger partial charge in [0.2, 0.25) is 0 Å². The summed E-state index contributed by atoms with van der Waals surface area (Å²) in [6.45, 7) is 3.07. The smallest absolute Gasteiger partial charge is 0.337 e. The lowest BCUT2D eigenvalue weighted by Crippen LogP contribution is -2.27. The molecule has 0 radical (unpaired) electrons. The van der Waals surface area contributed by atoms with Crippen molar-refractivity contribution in [2.45, 2.75) is 13.5 Å². The topological polar surface area (TPSA) is 73.2 Å². The number of fused-ring (bicyclic) bond motifs is 1. The van der Waals surface area contributed by atoms with E-state index >= 15 is 0 Å². The third-order valence-corrected chi connectivity index (χ3v) is 4.03. The van der Waals surface area contributed by atoms with E-state index in [2.05, 4.69) is 19.6 Å². The number of imidazole rings is 1. The molecule has 6 nitrogen and oxygen atoms in total. The number of aryl methyl sites for hydroxylation is 1. The zero-order valence-electron chi connectivity index (χ0n) is 14.2. The van der Waals surface area contributed by atoms with E-state index < -0.39 is 5.97 Å². The van der Waals surface area contributed by atoms with Crippen LogP contribution < -0.4 is 5.32 Å². The summed E-state index contributed by atoms with van der Waals surface area (Å²) in [6, 6.07) is 14.3. The van der Waals surface area contributed by atoms with E-state index in [0.29, 0.717) is 24.2 Å². The number of ether oxygens (including phenoxy) is 1. The molecule has 1 aromatic heterocycles. The molecule has 1 amide bonds. The summed E-state index contributed by atoms with van der Waals surface area (Å²) in [6.07, 6.45) is 0. The van der Waals surface area contributed by atoms with Crippen LogP contribution in [0.1, 0.15) is 26.5 Å². The Morgan fingerprint density at radius 1 is 1.08 bits per heavy atom. The normalized spacial score (nSPS) is 10.6. The van der Waals surface area contributed by atoms with Gasteiger partial charge in [-0.05, 0) is 43.3 Å². The Labute approximate surface area is 145 Å². The van der Waals surface area contributed by atoms with E-state index in [9.17, 15) is 9.59 Å². The van der Waals surface area contributed by atoms with Gasteiger partial charge in [0, 0.05) is 18.7 Å². The number of nitrogens with one attached hydrogen (secondary N) is 1. The van der Waals surface area contributed by atoms with Crippen molar-refractivity contribution < 1.29 is 14.3 Å². The summed E-state index contributed by atoms with van der Waals surface area (Å²) in [5.74, 6) is 0.311. The molecule has 1 N–H and O–H groups in total. The van der Waals surface area contributed by atoms with Gasteiger partial charge in [0.25, 0.3) is 5.91 Å². The van der Waals surface area contributed by atoms with Gasteiger partial charge in [0.05, 0.1) is 23.7 Å². The van der Waals surface area contributed by atoms with Crippen molar-refractivity contribution in [1.82, 2.24) is 14.9 Å². The summed E-state index contributed by atoms with van der Waals surface area (Å²) >= 11 is 0. The number of carbonyl (C=O) groups excluding carboxylic acids is 2. The highest BCUT2D eigenvalue weighted by Gasteiger charge is 2.10. The van der Waals surface area contributed by atoms with Crippen molar-refractivity contribution in [3.63, 3.8) is 0 Å². The van der Waals surface area contributed by atoms with Crippen molar-refractivity contribution in [2.24, 2.45) is 0 Å². The molecule has 0 saturated carbocycles. The predicted octanol–water partition coefficient (Wildman–Crippen LogP) is 2.56. The van der Waals surface area contributed by atoms with Gasteiger partial charge in [0.1, 0.15) is 5.82 Å². The number of aromatic nitrogens is 2. The van der Waals surface area contributed by atoms with Gasteiger partial charge in [-0.2, -0.15) is 0 Å². The Balaban J connectivity index is 1.62. The maximum atomic E-state index is 12.2. The molecule has 0 unspecified atom stereocenters. The van der Waals surface area contributed by atoms with Gasteiger partial charge < -0.3 is 14.6 Å². The lowest BCUT2D eigenvalue weighted by atomic mass is 10.1. The Morgan fingerprint density at radius 2 is 1.76 bits per heavy atom. The lowest BCUT2D eigenvalue weighted by molar-refractivity contribution is 0.0600. The molecule has 0 aliphatic carbocycles. The number of hydrogen-bond donors (Lipinski definition) is 1. The van der Waals surface area contributed by atoms with Crippen molar-refractivity contribution in [1.29, 1.82) is 0 Å². The van der Waals surface area contributed by atoms with Crippen molar-refractivity contribution in [3.05, 3.63) is 65.5 Å². The summed E-state index contributed by atoms with van der Waals surface area (Å²) in [7, 11) is 1.32. The number of para-hydroxylation sites is 2. The molecule has 25 heavy (non-hydrogen) atoms. The Bertz CT molecular complexity index is 913. The number of esters is 1. The molecule has 0 bridgehead atoms. The minimum absolute atomic E-state index is 0.182. The molecule has 3 aromatic rings. The van der Waals surface area contributed by atoms with E-state index in [0.717, 1.165) is 16.9 Å². The molecule has 1 heterocycles. The highest BCUT2D eigenvalue weighted by molar-refractivity contribution is 5.96. The first-order valence-corrected chi connectivity index (χ1v) is 7.98. The number of rotatable bonds is 5. The van der Waals surface area contributed by atoms with Crippen LogP contribution >= 0.6 is 0 Å². The van der Waals surface area contributed by atoms with Crippen LogP contribution in [-0.4, -0.2) is 35.1 Å². The third-order valence-electron chi connectivity index (χ3n) is 4.03. The van der Waals surface area contributed by atoms with Crippen LogP contribution in [0.25, 0.3) is 11.0 Å². The Kier molecular flexibility index (Phi) is 4.79. The molecule has 0 atom stereocenters. The molecule has 0 aliphatic rings. The predicted molar refractivity (Wildman–Crippen MR) is 94.6 cm³/mol. The number of nitrogens with zero attached hydrogens (tertiary/aromatic N) is 2. The summed E-state index contributed by atoms with van der Waals surface area (Å²) < 4.78 is 6.72. The summed E-state index contributed by atoms with van der Waals surface area (Å²) in [5, 5.41) is 2.89. The highest BCUT2D eigenvalue weighted by Crippen LogP contribution is 2.14. The quantitative estimate of drug-likeness (QED) is 0.726. The fraction of sp³-hybridized carbons (Fsp3) is 0.211. The standard InChI is InChI=1S/C19H19N3O3/c1-13-21-16-5-3-4-6-17(16)22(13)12-11-20-18(23)14-7-9-15(10-8-14)19(24)25-2/h3-10H,11-12H2,1-2H3,(H,20,23). The fourth-order valence-electron chi connectivity index (χ4n) is 2.74. The average molecular weight is 337 g/mol. The van der Waals surface area contributed by atoms with Crippen LogP contribution in [-0.2, 0) is 11.3 Å². The molecule has 128 valence electrons. The van der Waals surface area contributed by atoms with Crippen LogP contribution in [0.2, 0.25) is 0 Å². The van der Waals surface area contributed by atoms with E-state index in [1.54, 1.807) is 24.3 Å². The average Bonchev–Trinajstić information content (AvgIpc) is 2.96. The third kappa shape index (κ3) is 3.52. The number of carbonyl (C=O) groups is 2. The van der Waals surface area contributed by atoms with Crippen LogP contribution in [0.3, 0.4) is 0 Å². The molecular weight excluding hydrogens is 318 g/mol. The monoisotopic (exact) mass is 337 g/mol. The largest absolute Gasteiger partial charge is 0.465 e. The number of hydrogen-bond acceptors (Lipinski definition) is 4. The van der Waals surface area contributed by atoms with Crippen LogP contribution in [0.15, 0.2) is 48.5 Å². The summed E-state index contributed by atoms with van der Waals surface area (Å²) in [4.78, 5) is 28.1. The first-order chi connectivity index (χ1) is 12.1. The molecule has 6 heteroatoms. The van der Waals surface area contributed by atoms with Gasteiger partial charge in [0.15, 0.2) is 0 Å². The van der Waals surface area contributed by atoms with Crippen molar-refractivity contribution in [2.75, 3.05) is 13.7 Å². The second-order valence-corrected chi connectivity index (χ2v) is 5.62. The van der Waals surface area contributed by atoms with Crippen molar-refractivity contribution in [3.8, 4) is 0 Å². The minimum Gasteiger partial charge on any atom is -0.465 e. The van der Waals surface area contributed by atoms with Gasteiger partial charge in [-0.25, -0.2) is 9.78 Å². The number of amides is 1. The van der Waals surface area contributed by atoms with E-state index in [1.807, 2.05) is 31.2 Å². The van der Waals surface area contributed by atoms with Gasteiger partial charge in [-0.3, -0.25) is 4.79 Å². The first kappa shape index (κ1) is 16.7. The van der Waals surface area contributed by atoms with E-state index in [-0.39, 0.29) is 5.91 Å². The Morgan fingerprint density at radius 3 is 2.48 bits per heavy atom. The molecule has 3 rings (SSSR count).